The van der Waals surface area contributed by atoms with Crippen molar-refractivity contribution in [3.8, 4) is 5.75 Å². The monoisotopic (exact) mass is 394 g/mol. The molecule has 3 heteroatoms. The van der Waals surface area contributed by atoms with Crippen LogP contribution in [0.1, 0.15) is 89.4 Å². The molecular formula is C26H34O3. The molecule has 1 atom stereocenters. The van der Waals surface area contributed by atoms with E-state index in [1.54, 1.807) is 0 Å². The molecule has 0 spiro atoms. The molecule has 156 valence electrons. The van der Waals surface area contributed by atoms with Gasteiger partial charge in [0.15, 0.2) is 0 Å². The molecule has 0 N–H and O–H groups in total. The highest BCUT2D eigenvalue weighted by molar-refractivity contribution is 5.98. The number of rotatable bonds is 11. The molecule has 0 aliphatic heterocycles. The van der Waals surface area contributed by atoms with Gasteiger partial charge in [-0.25, -0.2) is 0 Å². The second-order valence-corrected chi connectivity index (χ2v) is 8.23. The summed E-state index contributed by atoms with van der Waals surface area (Å²) in [5.41, 5.74) is 2.12. The summed E-state index contributed by atoms with van der Waals surface area (Å²) >= 11 is 0. The lowest BCUT2D eigenvalue weighted by atomic mass is 9.90. The highest BCUT2D eigenvalue weighted by Crippen LogP contribution is 2.40. The molecule has 29 heavy (non-hydrogen) atoms. The van der Waals surface area contributed by atoms with Crippen LogP contribution >= 0.6 is 0 Å². The number of carbonyl (C=O) groups is 1. The summed E-state index contributed by atoms with van der Waals surface area (Å²) in [6.45, 7) is 6.29. The molecule has 0 aromatic heterocycles. The van der Waals surface area contributed by atoms with Crippen molar-refractivity contribution >= 4 is 22.8 Å². The predicted molar refractivity (Wildman–Crippen MR) is 120 cm³/mol. The quantitative estimate of drug-likeness (QED) is 0.295. The first-order valence-electron chi connectivity index (χ1n) is 11.2. The van der Waals surface area contributed by atoms with Gasteiger partial charge in [0, 0.05) is 17.5 Å². The lowest BCUT2D eigenvalue weighted by molar-refractivity contribution is -0.147. The zero-order valence-corrected chi connectivity index (χ0v) is 18.1. The van der Waals surface area contributed by atoms with Crippen LogP contribution in [0.25, 0.3) is 16.8 Å². The van der Waals surface area contributed by atoms with Crippen molar-refractivity contribution in [1.82, 2.24) is 0 Å². The number of esters is 1. The third kappa shape index (κ3) is 5.62. The Bertz CT molecular complexity index is 850. The van der Waals surface area contributed by atoms with Crippen LogP contribution in [0, 0.1) is 0 Å². The van der Waals surface area contributed by atoms with E-state index in [1.165, 1.54) is 32.1 Å². The van der Waals surface area contributed by atoms with Gasteiger partial charge >= 0.3 is 5.97 Å². The Kier molecular flexibility index (Phi) is 7.74. The van der Waals surface area contributed by atoms with E-state index in [4.69, 9.17) is 9.47 Å². The van der Waals surface area contributed by atoms with E-state index in [0.29, 0.717) is 6.42 Å². The smallest absolute Gasteiger partial charge is 0.306 e. The molecule has 1 unspecified atom stereocenters. The van der Waals surface area contributed by atoms with Crippen LogP contribution in [0.3, 0.4) is 0 Å². The molecule has 0 bridgehead atoms. The molecule has 3 rings (SSSR count). The SMILES string of the molecule is CCCCCCCCCC(=O)OC1C=Cc2c(OC(C)C)ccc3cccc1c23. The van der Waals surface area contributed by atoms with E-state index >= 15 is 0 Å². The second-order valence-electron chi connectivity index (χ2n) is 8.23. The molecule has 0 saturated carbocycles. The van der Waals surface area contributed by atoms with Gasteiger partial charge in [-0.3, -0.25) is 4.79 Å². The molecule has 0 fully saturated rings. The summed E-state index contributed by atoms with van der Waals surface area (Å²) in [7, 11) is 0. The van der Waals surface area contributed by atoms with Crippen molar-refractivity contribution < 1.29 is 14.3 Å². The van der Waals surface area contributed by atoms with Crippen molar-refractivity contribution in [1.29, 1.82) is 0 Å². The fourth-order valence-corrected chi connectivity index (χ4v) is 3.99. The van der Waals surface area contributed by atoms with Crippen molar-refractivity contribution in [3.63, 3.8) is 0 Å². The third-order valence-corrected chi connectivity index (χ3v) is 5.43. The summed E-state index contributed by atoms with van der Waals surface area (Å²) in [5.74, 6) is 0.771. The second kappa shape index (κ2) is 10.5. The van der Waals surface area contributed by atoms with Crippen LogP contribution < -0.4 is 4.74 Å². The number of hydrogen-bond donors (Lipinski definition) is 0. The molecule has 3 nitrogen and oxygen atoms in total. The van der Waals surface area contributed by atoms with Gasteiger partial charge in [0.05, 0.1) is 6.10 Å². The molecule has 0 heterocycles. The molecule has 2 aromatic rings. The highest BCUT2D eigenvalue weighted by atomic mass is 16.5. The maximum atomic E-state index is 12.4. The Labute approximate surface area is 175 Å². The number of hydrogen-bond acceptors (Lipinski definition) is 3. The summed E-state index contributed by atoms with van der Waals surface area (Å²) in [5, 5.41) is 2.27. The summed E-state index contributed by atoms with van der Waals surface area (Å²) in [4.78, 5) is 12.4. The minimum Gasteiger partial charge on any atom is -0.490 e. The molecule has 0 amide bonds. The first kappa shape index (κ1) is 21.4. The first-order valence-corrected chi connectivity index (χ1v) is 11.2. The molecule has 1 aliphatic rings. The van der Waals surface area contributed by atoms with Crippen molar-refractivity contribution in [3.05, 3.63) is 47.5 Å². The van der Waals surface area contributed by atoms with E-state index in [-0.39, 0.29) is 18.2 Å². The molecule has 0 saturated heterocycles. The maximum absolute atomic E-state index is 12.4. The normalized spacial score (nSPS) is 15.1. The molecule has 1 aliphatic carbocycles. The number of ether oxygens (including phenoxy) is 2. The van der Waals surface area contributed by atoms with Crippen LogP contribution in [-0.4, -0.2) is 12.1 Å². The highest BCUT2D eigenvalue weighted by Gasteiger charge is 2.23. The topological polar surface area (TPSA) is 35.5 Å². The van der Waals surface area contributed by atoms with Crippen LogP contribution in [0.5, 0.6) is 5.75 Å². The molecule has 0 radical (unpaired) electrons. The number of benzene rings is 2. The van der Waals surface area contributed by atoms with Crippen LogP contribution in [0.15, 0.2) is 36.4 Å². The van der Waals surface area contributed by atoms with E-state index in [2.05, 4.69) is 25.1 Å². The number of carbonyl (C=O) groups excluding carboxylic acids is 1. The van der Waals surface area contributed by atoms with Crippen LogP contribution in [-0.2, 0) is 9.53 Å². The average molecular weight is 395 g/mol. The lowest BCUT2D eigenvalue weighted by Crippen LogP contribution is -2.13. The number of unbranched alkanes of at least 4 members (excludes halogenated alkanes) is 6. The van der Waals surface area contributed by atoms with E-state index in [1.807, 2.05) is 38.1 Å². The fraction of sp³-hybridized carbons (Fsp3) is 0.500. The van der Waals surface area contributed by atoms with Gasteiger partial charge in [-0.15, -0.1) is 0 Å². The summed E-state index contributed by atoms with van der Waals surface area (Å²) in [6, 6.07) is 10.3. The van der Waals surface area contributed by atoms with E-state index < -0.39 is 0 Å². The maximum Gasteiger partial charge on any atom is 0.306 e. The van der Waals surface area contributed by atoms with Gasteiger partial charge in [-0.2, -0.15) is 0 Å². The van der Waals surface area contributed by atoms with Gasteiger partial charge in [0.1, 0.15) is 11.9 Å². The molecular weight excluding hydrogens is 360 g/mol. The Hall–Kier alpha value is -2.29. The van der Waals surface area contributed by atoms with Gasteiger partial charge in [-0.05, 0) is 43.2 Å². The summed E-state index contributed by atoms with van der Waals surface area (Å²) < 4.78 is 11.8. The minimum atomic E-state index is -0.322. The Morgan fingerprint density at radius 2 is 1.76 bits per heavy atom. The summed E-state index contributed by atoms with van der Waals surface area (Å²) in [6.07, 6.45) is 12.7. The Morgan fingerprint density at radius 3 is 2.52 bits per heavy atom. The van der Waals surface area contributed by atoms with Gasteiger partial charge in [0.2, 0.25) is 0 Å². The predicted octanol–water partition coefficient (Wildman–Crippen LogP) is 7.38. The van der Waals surface area contributed by atoms with Crippen molar-refractivity contribution in [2.75, 3.05) is 0 Å². The largest absolute Gasteiger partial charge is 0.490 e. The van der Waals surface area contributed by atoms with Gasteiger partial charge in [-0.1, -0.05) is 75.8 Å². The lowest BCUT2D eigenvalue weighted by Gasteiger charge is -2.24. The zero-order valence-electron chi connectivity index (χ0n) is 18.1. The fourth-order valence-electron chi connectivity index (χ4n) is 3.99. The van der Waals surface area contributed by atoms with Gasteiger partial charge in [0.25, 0.3) is 0 Å². The third-order valence-electron chi connectivity index (χ3n) is 5.43. The molecule has 2 aromatic carbocycles. The standard InChI is InChI=1S/C26H34O3/c1-4-5-6-7-8-9-10-14-25(27)29-24-18-16-22-23(28-19(2)3)17-15-20-12-11-13-21(24)26(20)22/h11-13,15-19,24H,4-10,14H2,1-3H3. The van der Waals surface area contributed by atoms with E-state index in [9.17, 15) is 4.79 Å². The van der Waals surface area contributed by atoms with Gasteiger partial charge < -0.3 is 9.47 Å². The first-order chi connectivity index (χ1) is 14.1. The Balaban J connectivity index is 1.63. The average Bonchev–Trinajstić information content (AvgIpc) is 2.70. The van der Waals surface area contributed by atoms with Crippen LogP contribution in [0.2, 0.25) is 0 Å². The van der Waals surface area contributed by atoms with E-state index in [0.717, 1.165) is 40.5 Å². The van der Waals surface area contributed by atoms with Crippen LogP contribution in [0.4, 0.5) is 0 Å². The Morgan fingerprint density at radius 1 is 1.00 bits per heavy atom. The zero-order chi connectivity index (χ0) is 20.6. The van der Waals surface area contributed by atoms with Crippen molar-refractivity contribution in [2.24, 2.45) is 0 Å². The minimum absolute atomic E-state index is 0.108. The van der Waals surface area contributed by atoms with Crippen molar-refractivity contribution in [2.45, 2.75) is 84.3 Å².